The summed E-state index contributed by atoms with van der Waals surface area (Å²) in [4.78, 5) is 2.28. The van der Waals surface area contributed by atoms with E-state index in [2.05, 4.69) is 11.8 Å². The number of piperidine rings is 1. The van der Waals surface area contributed by atoms with E-state index in [1.165, 1.54) is 25.5 Å². The fourth-order valence-corrected chi connectivity index (χ4v) is 2.34. The first-order valence-corrected chi connectivity index (χ1v) is 6.97. The van der Waals surface area contributed by atoms with E-state index in [1.54, 1.807) is 0 Å². The monoisotopic (exact) mass is 205 g/mol. The van der Waals surface area contributed by atoms with Crippen molar-refractivity contribution in [3.63, 3.8) is 0 Å². The highest BCUT2D eigenvalue weighted by Crippen LogP contribution is 2.15. The SMILES string of the molecule is CC1CCCCN1CCS(C)(=O)=O. The van der Waals surface area contributed by atoms with E-state index < -0.39 is 9.84 Å². The van der Waals surface area contributed by atoms with Gasteiger partial charge in [-0.05, 0) is 26.3 Å². The standard InChI is InChI=1S/C9H19NO2S/c1-9-5-3-4-6-10(9)7-8-13(2,11)12/h9H,3-8H2,1-2H3. The van der Waals surface area contributed by atoms with E-state index >= 15 is 0 Å². The van der Waals surface area contributed by atoms with Crippen molar-refractivity contribution in [3.05, 3.63) is 0 Å². The van der Waals surface area contributed by atoms with Gasteiger partial charge < -0.3 is 0 Å². The number of nitrogens with zero attached hydrogens (tertiary/aromatic N) is 1. The molecule has 0 aromatic carbocycles. The highest BCUT2D eigenvalue weighted by atomic mass is 32.2. The van der Waals surface area contributed by atoms with Crippen LogP contribution in [0.5, 0.6) is 0 Å². The van der Waals surface area contributed by atoms with Gasteiger partial charge in [0.1, 0.15) is 9.84 Å². The summed E-state index contributed by atoms with van der Waals surface area (Å²) in [5.74, 6) is 0.303. The molecule has 0 spiro atoms. The zero-order valence-corrected chi connectivity index (χ0v) is 9.31. The third-order valence-corrected chi connectivity index (χ3v) is 3.61. The topological polar surface area (TPSA) is 37.4 Å². The highest BCUT2D eigenvalue weighted by molar-refractivity contribution is 7.90. The van der Waals surface area contributed by atoms with Gasteiger partial charge in [0.25, 0.3) is 0 Å². The van der Waals surface area contributed by atoms with Gasteiger partial charge in [0.15, 0.2) is 0 Å². The molecule has 0 saturated carbocycles. The van der Waals surface area contributed by atoms with E-state index in [-0.39, 0.29) is 0 Å². The van der Waals surface area contributed by atoms with Gasteiger partial charge in [0.2, 0.25) is 0 Å². The minimum Gasteiger partial charge on any atom is -0.300 e. The van der Waals surface area contributed by atoms with Crippen molar-refractivity contribution in [1.82, 2.24) is 4.90 Å². The summed E-state index contributed by atoms with van der Waals surface area (Å²) in [5.41, 5.74) is 0. The molecule has 0 aromatic rings. The molecule has 0 aliphatic carbocycles. The smallest absolute Gasteiger partial charge is 0.148 e. The number of hydrogen-bond donors (Lipinski definition) is 0. The molecule has 0 radical (unpaired) electrons. The summed E-state index contributed by atoms with van der Waals surface area (Å²) in [5, 5.41) is 0. The van der Waals surface area contributed by atoms with Crippen molar-refractivity contribution in [2.75, 3.05) is 25.1 Å². The van der Waals surface area contributed by atoms with Gasteiger partial charge in [-0.3, -0.25) is 4.90 Å². The Morgan fingerprint density at radius 2 is 2.08 bits per heavy atom. The van der Waals surface area contributed by atoms with Crippen LogP contribution in [-0.4, -0.2) is 44.5 Å². The van der Waals surface area contributed by atoms with Gasteiger partial charge in [-0.15, -0.1) is 0 Å². The molecule has 1 heterocycles. The van der Waals surface area contributed by atoms with Crippen LogP contribution in [0.2, 0.25) is 0 Å². The first kappa shape index (κ1) is 11.0. The molecule has 0 amide bonds. The predicted molar refractivity (Wildman–Crippen MR) is 54.6 cm³/mol. The Bertz CT molecular complexity index is 248. The number of likely N-dealkylation sites (tertiary alicyclic amines) is 1. The van der Waals surface area contributed by atoms with Crippen molar-refractivity contribution in [2.45, 2.75) is 32.2 Å². The molecule has 0 aromatic heterocycles. The van der Waals surface area contributed by atoms with E-state index in [4.69, 9.17) is 0 Å². The van der Waals surface area contributed by atoms with Gasteiger partial charge in [0, 0.05) is 18.8 Å². The molecule has 4 heteroatoms. The molecule has 0 N–H and O–H groups in total. The molecule has 1 unspecified atom stereocenters. The minimum atomic E-state index is -2.79. The lowest BCUT2D eigenvalue weighted by Crippen LogP contribution is -2.40. The maximum Gasteiger partial charge on any atom is 0.148 e. The Labute approximate surface area is 81.0 Å². The molecule has 1 atom stereocenters. The molecule has 1 fully saturated rings. The van der Waals surface area contributed by atoms with Gasteiger partial charge in [-0.2, -0.15) is 0 Å². The average molecular weight is 205 g/mol. The third kappa shape index (κ3) is 4.09. The second kappa shape index (κ2) is 4.42. The molecule has 1 rings (SSSR count). The summed E-state index contributed by atoms with van der Waals surface area (Å²) in [7, 11) is -2.79. The van der Waals surface area contributed by atoms with Crippen molar-refractivity contribution >= 4 is 9.84 Å². The number of rotatable bonds is 3. The summed E-state index contributed by atoms with van der Waals surface area (Å²) >= 11 is 0. The number of sulfone groups is 1. The lowest BCUT2D eigenvalue weighted by Gasteiger charge is -2.32. The quantitative estimate of drug-likeness (QED) is 0.687. The molecular formula is C9H19NO2S. The van der Waals surface area contributed by atoms with Crippen LogP contribution < -0.4 is 0 Å². The Morgan fingerprint density at radius 1 is 1.38 bits per heavy atom. The van der Waals surface area contributed by atoms with E-state index in [1.807, 2.05) is 0 Å². The van der Waals surface area contributed by atoms with Crippen molar-refractivity contribution in [2.24, 2.45) is 0 Å². The first-order valence-electron chi connectivity index (χ1n) is 4.91. The van der Waals surface area contributed by atoms with Crippen molar-refractivity contribution < 1.29 is 8.42 Å². The molecule has 0 bridgehead atoms. The fourth-order valence-electron chi connectivity index (χ4n) is 1.77. The minimum absolute atomic E-state index is 0.303. The fraction of sp³-hybridized carbons (Fsp3) is 1.00. The lowest BCUT2D eigenvalue weighted by molar-refractivity contribution is 0.170. The van der Waals surface area contributed by atoms with E-state index in [0.29, 0.717) is 18.3 Å². The number of hydrogen-bond acceptors (Lipinski definition) is 3. The van der Waals surface area contributed by atoms with Gasteiger partial charge >= 0.3 is 0 Å². The molecule has 1 aliphatic rings. The zero-order chi connectivity index (χ0) is 9.90. The molecule has 3 nitrogen and oxygen atoms in total. The zero-order valence-electron chi connectivity index (χ0n) is 8.49. The van der Waals surface area contributed by atoms with Crippen LogP contribution >= 0.6 is 0 Å². The summed E-state index contributed by atoms with van der Waals surface area (Å²) in [6.45, 7) is 3.96. The van der Waals surface area contributed by atoms with Crippen LogP contribution in [0.4, 0.5) is 0 Å². The first-order chi connectivity index (χ1) is 5.99. The van der Waals surface area contributed by atoms with Crippen LogP contribution in [0.1, 0.15) is 26.2 Å². The second-order valence-electron chi connectivity index (χ2n) is 4.01. The van der Waals surface area contributed by atoms with Crippen LogP contribution in [-0.2, 0) is 9.84 Å². The van der Waals surface area contributed by atoms with Crippen molar-refractivity contribution in [1.29, 1.82) is 0 Å². The van der Waals surface area contributed by atoms with Crippen LogP contribution in [0, 0.1) is 0 Å². The molecule has 1 saturated heterocycles. The summed E-state index contributed by atoms with van der Waals surface area (Å²) in [6, 6.07) is 0.565. The Hall–Kier alpha value is -0.0900. The highest BCUT2D eigenvalue weighted by Gasteiger charge is 2.18. The lowest BCUT2D eigenvalue weighted by atomic mass is 10.0. The Kier molecular flexibility index (Phi) is 3.74. The van der Waals surface area contributed by atoms with E-state index in [9.17, 15) is 8.42 Å². The van der Waals surface area contributed by atoms with Crippen LogP contribution in [0.25, 0.3) is 0 Å². The summed E-state index contributed by atoms with van der Waals surface area (Å²) in [6.07, 6.45) is 5.02. The Balaban J connectivity index is 2.35. The normalized spacial score (nSPS) is 26.2. The van der Waals surface area contributed by atoms with Crippen LogP contribution in [0.15, 0.2) is 0 Å². The van der Waals surface area contributed by atoms with Gasteiger partial charge in [-0.1, -0.05) is 6.42 Å². The summed E-state index contributed by atoms with van der Waals surface area (Å²) < 4.78 is 21.9. The maximum absolute atomic E-state index is 11.0. The predicted octanol–water partition coefficient (Wildman–Crippen LogP) is 0.905. The molecular weight excluding hydrogens is 186 g/mol. The molecule has 78 valence electrons. The third-order valence-electron chi connectivity index (χ3n) is 2.69. The molecule has 13 heavy (non-hydrogen) atoms. The Morgan fingerprint density at radius 3 is 2.62 bits per heavy atom. The van der Waals surface area contributed by atoms with Crippen LogP contribution in [0.3, 0.4) is 0 Å². The van der Waals surface area contributed by atoms with E-state index in [0.717, 1.165) is 6.54 Å². The van der Waals surface area contributed by atoms with Gasteiger partial charge in [-0.25, -0.2) is 8.42 Å². The average Bonchev–Trinajstić information content (AvgIpc) is 2.01. The molecule has 1 aliphatic heterocycles. The maximum atomic E-state index is 11.0. The second-order valence-corrected chi connectivity index (χ2v) is 6.27. The van der Waals surface area contributed by atoms with Crippen molar-refractivity contribution in [3.8, 4) is 0 Å². The largest absolute Gasteiger partial charge is 0.300 e. The van der Waals surface area contributed by atoms with Gasteiger partial charge in [0.05, 0.1) is 5.75 Å².